The number of benzene rings is 1. The van der Waals surface area contributed by atoms with Crippen molar-refractivity contribution in [3.8, 4) is 5.75 Å². The van der Waals surface area contributed by atoms with Crippen LogP contribution in [0, 0.1) is 11.7 Å². The molecule has 0 bridgehead atoms. The van der Waals surface area contributed by atoms with Crippen LogP contribution < -0.4 is 10.5 Å². The number of hydrogen-bond donors (Lipinski definition) is 1. The van der Waals surface area contributed by atoms with Crippen molar-refractivity contribution in [2.24, 2.45) is 11.7 Å². The van der Waals surface area contributed by atoms with Crippen LogP contribution in [0.25, 0.3) is 0 Å². The van der Waals surface area contributed by atoms with Crippen molar-refractivity contribution < 1.29 is 9.13 Å². The molecule has 2 atom stereocenters. The maximum atomic E-state index is 13.1. The van der Waals surface area contributed by atoms with Gasteiger partial charge in [-0.2, -0.15) is 0 Å². The Morgan fingerprint density at radius 3 is 2.94 bits per heavy atom. The van der Waals surface area contributed by atoms with E-state index in [1.165, 1.54) is 12.1 Å². The fourth-order valence-corrected chi connectivity index (χ4v) is 2.22. The van der Waals surface area contributed by atoms with Crippen molar-refractivity contribution in [1.29, 1.82) is 0 Å². The third kappa shape index (κ3) is 2.35. The zero-order chi connectivity index (χ0) is 11.7. The number of halogens is 1. The van der Waals surface area contributed by atoms with Crippen LogP contribution in [0.4, 0.5) is 4.39 Å². The third-order valence-electron chi connectivity index (χ3n) is 2.92. The summed E-state index contributed by atoms with van der Waals surface area (Å²) in [5, 5.41) is 0. The number of ether oxygens (including phenoxy) is 1. The minimum absolute atomic E-state index is 0.108. The minimum atomic E-state index is -0.250. The third-order valence-corrected chi connectivity index (χ3v) is 2.92. The van der Waals surface area contributed by atoms with Gasteiger partial charge in [0.2, 0.25) is 0 Å². The molecule has 3 heteroatoms. The second-order valence-electron chi connectivity index (χ2n) is 4.89. The molecule has 1 aromatic carbocycles. The van der Waals surface area contributed by atoms with Crippen LogP contribution in [0.15, 0.2) is 18.2 Å². The van der Waals surface area contributed by atoms with E-state index in [-0.39, 0.29) is 18.0 Å². The molecule has 1 unspecified atom stereocenters. The highest BCUT2D eigenvalue weighted by atomic mass is 19.1. The van der Waals surface area contributed by atoms with Crippen LogP contribution in [0.2, 0.25) is 0 Å². The Hall–Kier alpha value is -1.09. The Kier molecular flexibility index (Phi) is 3.15. The van der Waals surface area contributed by atoms with Crippen molar-refractivity contribution in [2.75, 3.05) is 0 Å². The van der Waals surface area contributed by atoms with Gasteiger partial charge in [0.15, 0.2) is 0 Å². The molecule has 0 spiro atoms. The molecular formula is C13H18FNO. The summed E-state index contributed by atoms with van der Waals surface area (Å²) in [6.07, 6.45) is 1.92. The first-order valence-corrected chi connectivity index (χ1v) is 5.78. The van der Waals surface area contributed by atoms with Crippen molar-refractivity contribution >= 4 is 0 Å². The lowest BCUT2D eigenvalue weighted by atomic mass is 9.93. The van der Waals surface area contributed by atoms with E-state index < -0.39 is 0 Å². The lowest BCUT2D eigenvalue weighted by molar-refractivity contribution is 0.136. The van der Waals surface area contributed by atoms with E-state index in [4.69, 9.17) is 10.5 Å². The van der Waals surface area contributed by atoms with E-state index >= 15 is 0 Å². The molecular weight excluding hydrogens is 205 g/mol. The highest BCUT2D eigenvalue weighted by Gasteiger charge is 2.26. The molecule has 0 fully saturated rings. The molecule has 2 N–H and O–H groups in total. The second-order valence-corrected chi connectivity index (χ2v) is 4.89. The van der Waals surface area contributed by atoms with Gasteiger partial charge in [0, 0.05) is 18.0 Å². The predicted molar refractivity (Wildman–Crippen MR) is 61.8 cm³/mol. The van der Waals surface area contributed by atoms with Crippen LogP contribution in [0.1, 0.15) is 38.3 Å². The number of nitrogens with two attached hydrogens (primary N) is 1. The molecule has 0 saturated carbocycles. The lowest BCUT2D eigenvalue weighted by Gasteiger charge is -2.31. The summed E-state index contributed by atoms with van der Waals surface area (Å²) in [6.45, 7) is 4.32. The Morgan fingerprint density at radius 1 is 1.50 bits per heavy atom. The Labute approximate surface area is 95.6 Å². The maximum absolute atomic E-state index is 13.1. The number of rotatable bonds is 2. The van der Waals surface area contributed by atoms with E-state index in [1.54, 1.807) is 6.07 Å². The molecule has 2 rings (SSSR count). The molecule has 1 aromatic rings. The normalized spacial score (nSPS) is 24.1. The molecule has 88 valence electrons. The summed E-state index contributed by atoms with van der Waals surface area (Å²) in [6, 6.07) is 4.47. The zero-order valence-corrected chi connectivity index (χ0v) is 9.74. The van der Waals surface area contributed by atoms with E-state index in [2.05, 4.69) is 13.8 Å². The van der Waals surface area contributed by atoms with Crippen LogP contribution in [-0.2, 0) is 0 Å². The standard InChI is InChI=1S/C13H18FNO/c1-8(2)5-10-7-12(15)11-6-9(14)3-4-13(11)16-10/h3-4,6,8,10,12H,5,7,15H2,1-2H3/t10?,12-/m0/s1. The fourth-order valence-electron chi connectivity index (χ4n) is 2.22. The van der Waals surface area contributed by atoms with Gasteiger partial charge in [-0.15, -0.1) is 0 Å². The predicted octanol–water partition coefficient (Wildman–Crippen LogP) is 3.02. The zero-order valence-electron chi connectivity index (χ0n) is 9.74. The first-order valence-electron chi connectivity index (χ1n) is 5.78. The summed E-state index contributed by atoms with van der Waals surface area (Å²) in [7, 11) is 0. The number of fused-ring (bicyclic) bond motifs is 1. The van der Waals surface area contributed by atoms with E-state index in [1.807, 2.05) is 0 Å². The molecule has 1 aliphatic heterocycles. The fraction of sp³-hybridized carbons (Fsp3) is 0.538. The maximum Gasteiger partial charge on any atom is 0.124 e. The average molecular weight is 223 g/mol. The molecule has 16 heavy (non-hydrogen) atoms. The summed E-state index contributed by atoms with van der Waals surface area (Å²) >= 11 is 0. The Bertz CT molecular complexity index is 378. The first kappa shape index (κ1) is 11.4. The highest BCUT2D eigenvalue weighted by Crippen LogP contribution is 2.35. The molecule has 0 radical (unpaired) electrons. The van der Waals surface area contributed by atoms with Gasteiger partial charge in [-0.05, 0) is 30.5 Å². The van der Waals surface area contributed by atoms with Crippen molar-refractivity contribution in [3.63, 3.8) is 0 Å². The summed E-state index contributed by atoms with van der Waals surface area (Å²) in [5.41, 5.74) is 6.83. The van der Waals surface area contributed by atoms with Gasteiger partial charge in [-0.3, -0.25) is 0 Å². The van der Waals surface area contributed by atoms with Crippen LogP contribution in [0.3, 0.4) is 0 Å². The molecule has 0 saturated heterocycles. The van der Waals surface area contributed by atoms with Gasteiger partial charge in [-0.25, -0.2) is 4.39 Å². The first-order chi connectivity index (χ1) is 7.56. The van der Waals surface area contributed by atoms with Crippen molar-refractivity contribution in [3.05, 3.63) is 29.6 Å². The van der Waals surface area contributed by atoms with Gasteiger partial charge < -0.3 is 10.5 Å². The van der Waals surface area contributed by atoms with E-state index in [0.717, 1.165) is 24.2 Å². The van der Waals surface area contributed by atoms with Gasteiger partial charge >= 0.3 is 0 Å². The van der Waals surface area contributed by atoms with Gasteiger partial charge in [0.1, 0.15) is 17.7 Å². The van der Waals surface area contributed by atoms with Gasteiger partial charge in [0.25, 0.3) is 0 Å². The van der Waals surface area contributed by atoms with Crippen LogP contribution in [-0.4, -0.2) is 6.10 Å². The molecule has 0 aromatic heterocycles. The van der Waals surface area contributed by atoms with Gasteiger partial charge in [0.05, 0.1) is 0 Å². The quantitative estimate of drug-likeness (QED) is 0.836. The van der Waals surface area contributed by atoms with Gasteiger partial charge in [-0.1, -0.05) is 13.8 Å². The van der Waals surface area contributed by atoms with Crippen molar-refractivity contribution in [2.45, 2.75) is 38.8 Å². The monoisotopic (exact) mass is 223 g/mol. The largest absolute Gasteiger partial charge is 0.490 e. The molecule has 2 nitrogen and oxygen atoms in total. The number of hydrogen-bond acceptors (Lipinski definition) is 2. The molecule has 1 heterocycles. The molecule has 0 amide bonds. The summed E-state index contributed by atoms with van der Waals surface area (Å²) in [5.74, 6) is 1.07. The van der Waals surface area contributed by atoms with E-state index in [9.17, 15) is 4.39 Å². The minimum Gasteiger partial charge on any atom is -0.490 e. The molecule has 0 aliphatic carbocycles. The highest BCUT2D eigenvalue weighted by molar-refractivity contribution is 5.38. The second kappa shape index (κ2) is 4.42. The topological polar surface area (TPSA) is 35.2 Å². The van der Waals surface area contributed by atoms with E-state index in [0.29, 0.717) is 5.92 Å². The summed E-state index contributed by atoms with van der Waals surface area (Å²) in [4.78, 5) is 0. The molecule has 1 aliphatic rings. The SMILES string of the molecule is CC(C)CC1C[C@H](N)c2cc(F)ccc2O1. The Morgan fingerprint density at radius 2 is 2.25 bits per heavy atom. The summed E-state index contributed by atoms with van der Waals surface area (Å²) < 4.78 is 18.9. The smallest absolute Gasteiger partial charge is 0.124 e. The van der Waals surface area contributed by atoms with Crippen molar-refractivity contribution in [1.82, 2.24) is 0 Å². The Balaban J connectivity index is 2.20. The average Bonchev–Trinajstić information content (AvgIpc) is 2.18. The van der Waals surface area contributed by atoms with Crippen LogP contribution >= 0.6 is 0 Å². The van der Waals surface area contributed by atoms with Crippen LogP contribution in [0.5, 0.6) is 5.75 Å². The lowest BCUT2D eigenvalue weighted by Crippen LogP contribution is -2.30.